The summed E-state index contributed by atoms with van der Waals surface area (Å²) in [5.74, 6) is -2.45. The molecule has 0 aromatic heterocycles. The topological polar surface area (TPSA) is 108 Å². The molecule has 3 aliphatic rings. The fraction of sp³-hybridized carbons (Fsp3) is 0.444. The van der Waals surface area contributed by atoms with Crippen LogP contribution in [0.5, 0.6) is 0 Å². The lowest BCUT2D eigenvalue weighted by atomic mass is 9.70. The highest BCUT2D eigenvalue weighted by Crippen LogP contribution is 2.60. The third-order valence-electron chi connectivity index (χ3n) is 7.59. The summed E-state index contributed by atoms with van der Waals surface area (Å²) in [5.41, 5.74) is 2.09. The molecule has 6 atom stereocenters. The van der Waals surface area contributed by atoms with Crippen molar-refractivity contribution in [1.82, 2.24) is 4.90 Å². The van der Waals surface area contributed by atoms with Crippen LogP contribution in [-0.4, -0.2) is 63.5 Å². The molecule has 9 heteroatoms. The first kappa shape index (κ1) is 24.9. The van der Waals surface area contributed by atoms with E-state index in [1.54, 1.807) is 12.1 Å². The molecule has 2 aromatic carbocycles. The van der Waals surface area contributed by atoms with Crippen LogP contribution in [0.2, 0.25) is 0 Å². The summed E-state index contributed by atoms with van der Waals surface area (Å²) in [5, 5.41) is 15.4. The largest absolute Gasteiger partial charge is 0.396 e. The zero-order valence-electron chi connectivity index (χ0n) is 20.2. The number of carbonyl (C=O) groups excluding carboxylic acids is 3. The Kier molecular flexibility index (Phi) is 6.65. The van der Waals surface area contributed by atoms with Gasteiger partial charge in [0.15, 0.2) is 0 Å². The average Bonchev–Trinajstić information content (AvgIpc) is 3.44. The summed E-state index contributed by atoms with van der Waals surface area (Å²) in [7, 11) is 0. The van der Waals surface area contributed by atoms with Gasteiger partial charge in [-0.2, -0.15) is 0 Å². The number of para-hydroxylation sites is 1. The number of nitrogens with zero attached hydrogens (tertiary/aromatic N) is 1. The molecule has 2 aromatic rings. The highest BCUT2D eigenvalue weighted by Gasteiger charge is 2.76. The van der Waals surface area contributed by atoms with Gasteiger partial charge in [-0.25, -0.2) is 0 Å². The van der Waals surface area contributed by atoms with Crippen molar-refractivity contribution >= 4 is 45.0 Å². The van der Waals surface area contributed by atoms with Gasteiger partial charge in [0.25, 0.3) is 0 Å². The summed E-state index contributed by atoms with van der Waals surface area (Å²) < 4.78 is 6.48. The lowest BCUT2D eigenvalue weighted by molar-refractivity contribution is -0.139. The van der Waals surface area contributed by atoms with Crippen LogP contribution in [0.1, 0.15) is 24.0 Å². The first-order chi connectivity index (χ1) is 17.3. The molecule has 0 saturated carbocycles. The number of halogens is 1. The number of amides is 3. The zero-order chi connectivity index (χ0) is 25.6. The normalized spacial score (nSPS) is 30.4. The number of fused-ring (bicyclic) bond motifs is 1. The van der Waals surface area contributed by atoms with E-state index in [4.69, 9.17) is 4.74 Å². The van der Waals surface area contributed by atoms with E-state index in [1.165, 1.54) is 4.90 Å². The van der Waals surface area contributed by atoms with Gasteiger partial charge in [0.05, 0.1) is 17.9 Å². The number of aliphatic hydroxyl groups excluding tert-OH is 1. The molecule has 3 saturated heterocycles. The van der Waals surface area contributed by atoms with Crippen molar-refractivity contribution in [2.45, 2.75) is 49.3 Å². The van der Waals surface area contributed by atoms with Gasteiger partial charge in [-0.15, -0.1) is 0 Å². The minimum Gasteiger partial charge on any atom is -0.396 e. The van der Waals surface area contributed by atoms with Crippen molar-refractivity contribution in [3.05, 3.63) is 59.7 Å². The van der Waals surface area contributed by atoms with Gasteiger partial charge in [-0.3, -0.25) is 14.4 Å². The van der Waals surface area contributed by atoms with Gasteiger partial charge in [0, 0.05) is 29.4 Å². The molecule has 5 rings (SSSR count). The third kappa shape index (κ3) is 4.03. The number of likely N-dealkylation sites (tertiary alicyclic amines) is 1. The Hall–Kier alpha value is -2.75. The fourth-order valence-electron chi connectivity index (χ4n) is 6.03. The third-order valence-corrected chi connectivity index (χ3v) is 8.43. The number of ether oxygens (including phenoxy) is 1. The Morgan fingerprint density at radius 3 is 2.61 bits per heavy atom. The van der Waals surface area contributed by atoms with E-state index >= 15 is 0 Å². The Bertz CT molecular complexity index is 1190. The molecule has 1 spiro atoms. The summed E-state index contributed by atoms with van der Waals surface area (Å²) >= 11 is 3.67. The standard InChI is InChI=1S/C27H30BrN3O5/c1-15-9-10-16(2)19(13-15)30-25(34)23-27-14-18(28)22(36-27)20(21(27)26(35)31(23)11-6-12-32)24(33)29-17-7-4-3-5-8-17/h3-5,7-10,13,18,20-23,32H,6,11-12,14H2,1-2H3,(H,29,33)(H,30,34)/t18?,20-,21+,22-,23?,27?/m1/s1. The molecule has 36 heavy (non-hydrogen) atoms. The molecule has 3 fully saturated rings. The number of hydrogen-bond donors (Lipinski definition) is 3. The monoisotopic (exact) mass is 555 g/mol. The molecular weight excluding hydrogens is 526 g/mol. The summed E-state index contributed by atoms with van der Waals surface area (Å²) in [6.07, 6.45) is 0.228. The predicted octanol–water partition coefficient (Wildman–Crippen LogP) is 3.01. The number of hydrogen-bond acceptors (Lipinski definition) is 5. The molecule has 3 aliphatic heterocycles. The van der Waals surface area contributed by atoms with Crippen molar-refractivity contribution < 1.29 is 24.2 Å². The maximum absolute atomic E-state index is 13.8. The summed E-state index contributed by atoms with van der Waals surface area (Å²) in [4.78, 5) is 42.5. The zero-order valence-corrected chi connectivity index (χ0v) is 21.8. The first-order valence-electron chi connectivity index (χ1n) is 12.2. The van der Waals surface area contributed by atoms with E-state index in [2.05, 4.69) is 26.6 Å². The van der Waals surface area contributed by atoms with Crippen LogP contribution in [0.15, 0.2) is 48.5 Å². The van der Waals surface area contributed by atoms with Crippen molar-refractivity contribution in [1.29, 1.82) is 0 Å². The second kappa shape index (κ2) is 9.61. The van der Waals surface area contributed by atoms with Crippen LogP contribution >= 0.6 is 15.9 Å². The highest BCUT2D eigenvalue weighted by molar-refractivity contribution is 9.09. The highest BCUT2D eigenvalue weighted by atomic mass is 79.9. The van der Waals surface area contributed by atoms with Crippen LogP contribution in [0, 0.1) is 25.7 Å². The maximum Gasteiger partial charge on any atom is 0.250 e. The van der Waals surface area contributed by atoms with E-state index in [0.717, 1.165) is 11.1 Å². The lowest BCUT2D eigenvalue weighted by Crippen LogP contribution is -2.54. The Morgan fingerprint density at radius 2 is 1.89 bits per heavy atom. The van der Waals surface area contributed by atoms with E-state index in [0.29, 0.717) is 24.2 Å². The van der Waals surface area contributed by atoms with Crippen LogP contribution < -0.4 is 10.6 Å². The fourth-order valence-corrected chi connectivity index (χ4v) is 6.97. The second-order valence-electron chi connectivity index (χ2n) is 9.94. The number of aliphatic hydroxyl groups is 1. The summed E-state index contributed by atoms with van der Waals surface area (Å²) in [6.45, 7) is 3.95. The van der Waals surface area contributed by atoms with Gasteiger partial charge in [-0.1, -0.05) is 46.3 Å². The van der Waals surface area contributed by atoms with Crippen LogP contribution in [0.3, 0.4) is 0 Å². The van der Waals surface area contributed by atoms with E-state index in [9.17, 15) is 19.5 Å². The molecule has 8 nitrogen and oxygen atoms in total. The number of aryl methyl sites for hydroxylation is 2. The molecule has 0 radical (unpaired) electrons. The molecular formula is C27H30BrN3O5. The number of carbonyl (C=O) groups is 3. The molecule has 3 N–H and O–H groups in total. The van der Waals surface area contributed by atoms with Gasteiger partial charge in [-0.05, 0) is 56.0 Å². The lowest BCUT2D eigenvalue weighted by Gasteiger charge is -2.34. The summed E-state index contributed by atoms with van der Waals surface area (Å²) in [6, 6.07) is 14.0. The molecule has 3 heterocycles. The van der Waals surface area contributed by atoms with Crippen molar-refractivity contribution in [2.75, 3.05) is 23.8 Å². The molecule has 2 bridgehead atoms. The van der Waals surface area contributed by atoms with Gasteiger partial charge in [0.2, 0.25) is 17.7 Å². The van der Waals surface area contributed by atoms with E-state index in [-0.39, 0.29) is 35.7 Å². The molecule has 3 unspecified atom stereocenters. The number of nitrogens with one attached hydrogen (secondary N) is 2. The first-order valence-corrected chi connectivity index (χ1v) is 13.2. The van der Waals surface area contributed by atoms with Crippen molar-refractivity contribution in [3.63, 3.8) is 0 Å². The minimum absolute atomic E-state index is 0.116. The predicted molar refractivity (Wildman–Crippen MR) is 139 cm³/mol. The van der Waals surface area contributed by atoms with E-state index in [1.807, 2.05) is 50.2 Å². The van der Waals surface area contributed by atoms with Crippen LogP contribution in [-0.2, 0) is 19.1 Å². The van der Waals surface area contributed by atoms with Gasteiger partial charge in [0.1, 0.15) is 11.6 Å². The Labute approximate surface area is 218 Å². The van der Waals surface area contributed by atoms with E-state index < -0.39 is 29.6 Å². The average molecular weight is 556 g/mol. The maximum atomic E-state index is 13.8. The Morgan fingerprint density at radius 1 is 1.14 bits per heavy atom. The SMILES string of the molecule is Cc1ccc(C)c(NC(=O)C2N(CCCO)C(=O)[C@@H]3[C@@H](C(=O)Nc4ccccc4)[C@@H]4OC23CC4Br)c1. The van der Waals surface area contributed by atoms with Crippen LogP contribution in [0.25, 0.3) is 0 Å². The minimum atomic E-state index is -1.13. The number of benzene rings is 2. The van der Waals surface area contributed by atoms with Crippen LogP contribution in [0.4, 0.5) is 11.4 Å². The van der Waals surface area contributed by atoms with Gasteiger partial charge >= 0.3 is 0 Å². The molecule has 3 amide bonds. The van der Waals surface area contributed by atoms with Gasteiger partial charge < -0.3 is 25.4 Å². The number of rotatable bonds is 7. The smallest absolute Gasteiger partial charge is 0.250 e. The Balaban J connectivity index is 1.50. The number of alkyl halides is 1. The number of anilines is 2. The van der Waals surface area contributed by atoms with Crippen molar-refractivity contribution in [3.8, 4) is 0 Å². The molecule has 190 valence electrons. The quantitative estimate of drug-likeness (QED) is 0.455. The molecule has 0 aliphatic carbocycles. The second-order valence-corrected chi connectivity index (χ2v) is 11.1. The van der Waals surface area contributed by atoms with Crippen molar-refractivity contribution in [2.24, 2.45) is 11.8 Å².